The second kappa shape index (κ2) is 4.72. The molecule has 3 nitrogen and oxygen atoms in total. The molecule has 2 bridgehead atoms. The molecule has 3 aliphatic rings. The third kappa shape index (κ3) is 1.74. The fourth-order valence-electron chi connectivity index (χ4n) is 5.37. The Hall–Kier alpha value is -1.06. The zero-order valence-corrected chi connectivity index (χ0v) is 13.0. The molecule has 1 aromatic carbocycles. The minimum absolute atomic E-state index is 0.276. The molecule has 0 unspecified atom stereocenters. The van der Waals surface area contributed by atoms with Gasteiger partial charge in [-0.2, -0.15) is 0 Å². The summed E-state index contributed by atoms with van der Waals surface area (Å²) in [6.45, 7) is 1.09. The molecule has 1 saturated heterocycles. The zero-order chi connectivity index (χ0) is 14.6. The normalized spacial score (nSPS) is 38.5. The molecule has 4 atom stereocenters. The molecule has 0 amide bonds. The predicted molar refractivity (Wildman–Crippen MR) is 82.6 cm³/mol. The maximum Gasteiger partial charge on any atom is 0.119 e. The minimum atomic E-state index is -0.354. The van der Waals surface area contributed by atoms with E-state index in [1.54, 1.807) is 7.11 Å². The summed E-state index contributed by atoms with van der Waals surface area (Å²) in [6, 6.07) is 6.59. The average molecular weight is 287 g/mol. The van der Waals surface area contributed by atoms with Crippen LogP contribution in [0.4, 0.5) is 0 Å². The quantitative estimate of drug-likeness (QED) is 0.862. The molecule has 21 heavy (non-hydrogen) atoms. The molecule has 1 aliphatic heterocycles. The van der Waals surface area contributed by atoms with E-state index >= 15 is 0 Å². The predicted octanol–water partition coefficient (Wildman–Crippen LogP) is 2.87. The van der Waals surface area contributed by atoms with Crippen molar-refractivity contribution in [3.8, 4) is 5.75 Å². The van der Waals surface area contributed by atoms with Crippen molar-refractivity contribution in [3.05, 3.63) is 29.3 Å². The highest BCUT2D eigenvalue weighted by Crippen LogP contribution is 2.58. The summed E-state index contributed by atoms with van der Waals surface area (Å²) < 4.78 is 5.46. The maximum absolute atomic E-state index is 11.0. The molecule has 0 aromatic heterocycles. The number of aliphatic hydroxyl groups is 1. The Morgan fingerprint density at radius 2 is 2.14 bits per heavy atom. The first-order chi connectivity index (χ1) is 10.2. The standard InChI is InChI=1S/C18H25NO2/c1-19-10-9-18-8-4-3-5-14(18)16(19)17(20)13-7-6-12(21-2)11-15(13)18/h6-7,11,14,16-17,20H,3-5,8-10H2,1-2H3/t14-,16+,17-,18+/m1/s1. The first-order valence-corrected chi connectivity index (χ1v) is 8.24. The highest BCUT2D eigenvalue weighted by atomic mass is 16.5. The van der Waals surface area contributed by atoms with Crippen molar-refractivity contribution in [3.63, 3.8) is 0 Å². The van der Waals surface area contributed by atoms with Crippen LogP contribution in [0.25, 0.3) is 0 Å². The van der Waals surface area contributed by atoms with Crippen LogP contribution in [0, 0.1) is 5.92 Å². The van der Waals surface area contributed by atoms with Crippen LogP contribution in [0.15, 0.2) is 18.2 Å². The molecule has 114 valence electrons. The number of fused-ring (bicyclic) bond motifs is 1. The lowest BCUT2D eigenvalue weighted by atomic mass is 9.52. The zero-order valence-electron chi connectivity index (χ0n) is 13.0. The number of aliphatic hydroxyl groups excluding tert-OH is 1. The first kappa shape index (κ1) is 13.6. The van der Waals surface area contributed by atoms with Gasteiger partial charge in [-0.05, 0) is 62.0 Å². The molecule has 1 heterocycles. The van der Waals surface area contributed by atoms with Crippen LogP contribution in [0.1, 0.15) is 49.3 Å². The lowest BCUT2D eigenvalue weighted by Crippen LogP contribution is -2.61. The van der Waals surface area contributed by atoms with E-state index in [4.69, 9.17) is 4.74 Å². The smallest absolute Gasteiger partial charge is 0.119 e. The maximum atomic E-state index is 11.0. The van der Waals surface area contributed by atoms with Crippen molar-refractivity contribution in [1.82, 2.24) is 4.90 Å². The summed E-state index contributed by atoms with van der Waals surface area (Å²) in [5.74, 6) is 1.52. The van der Waals surface area contributed by atoms with Crippen molar-refractivity contribution in [2.45, 2.75) is 49.7 Å². The van der Waals surface area contributed by atoms with Crippen molar-refractivity contribution in [2.24, 2.45) is 5.92 Å². The fourth-order valence-corrected chi connectivity index (χ4v) is 5.37. The van der Waals surface area contributed by atoms with E-state index in [9.17, 15) is 5.11 Å². The van der Waals surface area contributed by atoms with Gasteiger partial charge in [-0.25, -0.2) is 0 Å². The molecule has 2 fully saturated rings. The topological polar surface area (TPSA) is 32.7 Å². The second-order valence-electron chi connectivity index (χ2n) is 7.13. The molecule has 4 rings (SSSR count). The molecule has 1 N–H and O–H groups in total. The van der Waals surface area contributed by atoms with E-state index in [0.717, 1.165) is 17.9 Å². The number of nitrogens with zero attached hydrogens (tertiary/aromatic N) is 1. The molecule has 3 heteroatoms. The Morgan fingerprint density at radius 3 is 2.95 bits per heavy atom. The highest BCUT2D eigenvalue weighted by molar-refractivity contribution is 5.47. The van der Waals surface area contributed by atoms with E-state index in [0.29, 0.717) is 12.0 Å². The Labute approximate surface area is 126 Å². The van der Waals surface area contributed by atoms with Crippen molar-refractivity contribution in [2.75, 3.05) is 20.7 Å². The largest absolute Gasteiger partial charge is 0.497 e. The van der Waals surface area contributed by atoms with Crippen LogP contribution in [0.5, 0.6) is 5.75 Å². The SMILES string of the molecule is COc1ccc2c(c1)[C@]13CCCC[C@@H]1[C@@H]([C@@H]2O)N(C)CC3. The first-order valence-electron chi connectivity index (χ1n) is 8.24. The van der Waals surface area contributed by atoms with E-state index in [2.05, 4.69) is 24.1 Å². The van der Waals surface area contributed by atoms with Gasteiger partial charge in [0.1, 0.15) is 5.75 Å². The van der Waals surface area contributed by atoms with Gasteiger partial charge < -0.3 is 14.7 Å². The minimum Gasteiger partial charge on any atom is -0.497 e. The number of benzene rings is 1. The summed E-state index contributed by atoms with van der Waals surface area (Å²) in [7, 11) is 3.91. The van der Waals surface area contributed by atoms with Gasteiger partial charge >= 0.3 is 0 Å². The summed E-state index contributed by atoms with van der Waals surface area (Å²) in [4.78, 5) is 2.39. The lowest BCUT2D eigenvalue weighted by molar-refractivity contribution is -0.0680. The van der Waals surface area contributed by atoms with Crippen molar-refractivity contribution < 1.29 is 9.84 Å². The van der Waals surface area contributed by atoms with Gasteiger partial charge in [-0.15, -0.1) is 0 Å². The van der Waals surface area contributed by atoms with E-state index in [-0.39, 0.29) is 11.5 Å². The van der Waals surface area contributed by atoms with Gasteiger partial charge in [0, 0.05) is 11.5 Å². The Kier molecular flexibility index (Phi) is 3.05. The third-order valence-corrected chi connectivity index (χ3v) is 6.37. The number of hydrogen-bond acceptors (Lipinski definition) is 3. The number of hydrogen-bond donors (Lipinski definition) is 1. The summed E-state index contributed by atoms with van der Waals surface area (Å²) >= 11 is 0. The fraction of sp³-hybridized carbons (Fsp3) is 0.667. The van der Waals surface area contributed by atoms with E-state index < -0.39 is 0 Å². The van der Waals surface area contributed by atoms with Gasteiger partial charge in [-0.1, -0.05) is 18.9 Å². The van der Waals surface area contributed by atoms with Gasteiger partial charge in [-0.3, -0.25) is 0 Å². The summed E-state index contributed by atoms with van der Waals surface area (Å²) in [5, 5.41) is 11.0. The van der Waals surface area contributed by atoms with Gasteiger partial charge in [0.2, 0.25) is 0 Å². The lowest BCUT2D eigenvalue weighted by Gasteiger charge is -2.59. The monoisotopic (exact) mass is 287 g/mol. The average Bonchev–Trinajstić information content (AvgIpc) is 2.53. The number of piperidine rings is 1. The summed E-state index contributed by atoms with van der Waals surface area (Å²) in [6.07, 6.45) is 6.02. The molecule has 2 aliphatic carbocycles. The molecular formula is C18H25NO2. The van der Waals surface area contributed by atoms with Crippen molar-refractivity contribution in [1.29, 1.82) is 0 Å². The number of rotatable bonds is 1. The van der Waals surface area contributed by atoms with Crippen LogP contribution in [-0.2, 0) is 5.41 Å². The van der Waals surface area contributed by atoms with Gasteiger partial charge in [0.05, 0.1) is 13.2 Å². The van der Waals surface area contributed by atoms with Crippen LogP contribution in [-0.4, -0.2) is 36.8 Å². The Bertz CT molecular complexity index is 558. The Balaban J connectivity index is 1.92. The molecule has 0 spiro atoms. The number of ether oxygens (including phenoxy) is 1. The van der Waals surface area contributed by atoms with Crippen LogP contribution >= 0.6 is 0 Å². The van der Waals surface area contributed by atoms with E-state index in [1.165, 1.54) is 37.7 Å². The highest BCUT2D eigenvalue weighted by Gasteiger charge is 2.56. The number of likely N-dealkylation sites (tertiary alicyclic amines) is 1. The third-order valence-electron chi connectivity index (χ3n) is 6.37. The number of methoxy groups -OCH3 is 1. The van der Waals surface area contributed by atoms with Gasteiger partial charge in [0.25, 0.3) is 0 Å². The van der Waals surface area contributed by atoms with Gasteiger partial charge in [0.15, 0.2) is 0 Å². The molecule has 1 saturated carbocycles. The second-order valence-corrected chi connectivity index (χ2v) is 7.13. The summed E-state index contributed by atoms with van der Waals surface area (Å²) in [5.41, 5.74) is 2.80. The number of likely N-dealkylation sites (N-methyl/N-ethyl adjacent to an activating group) is 1. The molecule has 1 aromatic rings. The van der Waals surface area contributed by atoms with Crippen LogP contribution in [0.2, 0.25) is 0 Å². The van der Waals surface area contributed by atoms with Crippen molar-refractivity contribution >= 4 is 0 Å². The Morgan fingerprint density at radius 1 is 1.29 bits per heavy atom. The van der Waals surface area contributed by atoms with Crippen LogP contribution < -0.4 is 4.74 Å². The van der Waals surface area contributed by atoms with E-state index in [1.807, 2.05) is 6.07 Å². The van der Waals surface area contributed by atoms with Crippen LogP contribution in [0.3, 0.4) is 0 Å². The molecular weight excluding hydrogens is 262 g/mol. The molecule has 0 radical (unpaired) electrons.